The first-order chi connectivity index (χ1) is 33.6. The first-order valence-corrected chi connectivity index (χ1v) is 27.6. The molecule has 0 amide bonds. The van der Waals surface area contributed by atoms with Gasteiger partial charge in [-0.25, -0.2) is 4.79 Å². The van der Waals surface area contributed by atoms with Crippen molar-refractivity contribution >= 4 is 23.9 Å². The highest BCUT2D eigenvalue weighted by molar-refractivity contribution is 5.74. The van der Waals surface area contributed by atoms with Gasteiger partial charge in [0.2, 0.25) is 0 Å². The number of aliphatic hydroxyl groups excluding tert-OH is 2. The molecule has 1 fully saturated rings. The lowest BCUT2D eigenvalue weighted by Crippen LogP contribution is -2.61. The zero-order valence-corrected chi connectivity index (χ0v) is 43.6. The van der Waals surface area contributed by atoms with Crippen LogP contribution in [0.1, 0.15) is 239 Å². The second-order valence-corrected chi connectivity index (χ2v) is 18.8. The maximum Gasteiger partial charge on any atom is 0.335 e. The summed E-state index contributed by atoms with van der Waals surface area (Å²) >= 11 is 0. The number of carboxylic acid groups (broad SMARTS) is 1. The van der Waals surface area contributed by atoms with Crippen molar-refractivity contribution in [3.05, 3.63) is 48.6 Å². The molecule has 0 bridgehead atoms. The van der Waals surface area contributed by atoms with E-state index in [1.165, 1.54) is 96.3 Å². The molecule has 0 aliphatic carbocycles. The van der Waals surface area contributed by atoms with Crippen LogP contribution in [-0.2, 0) is 42.9 Å². The lowest BCUT2D eigenvalue weighted by atomic mass is 9.98. The molecule has 0 aromatic rings. The van der Waals surface area contributed by atoms with Gasteiger partial charge >= 0.3 is 23.9 Å². The van der Waals surface area contributed by atoms with Gasteiger partial charge in [0.05, 0.1) is 6.61 Å². The van der Waals surface area contributed by atoms with E-state index in [9.17, 15) is 34.5 Å². The molecule has 6 unspecified atom stereocenters. The van der Waals surface area contributed by atoms with E-state index in [4.69, 9.17) is 23.7 Å². The Morgan fingerprint density at radius 3 is 1.42 bits per heavy atom. The highest BCUT2D eigenvalue weighted by Crippen LogP contribution is 2.26. The summed E-state index contributed by atoms with van der Waals surface area (Å²) in [7, 11) is 0. The number of carbonyl (C=O) groups excluding carboxylic acids is 3. The van der Waals surface area contributed by atoms with Crippen LogP contribution in [-0.4, -0.2) is 89.2 Å². The first-order valence-electron chi connectivity index (χ1n) is 27.6. The quantitative estimate of drug-likeness (QED) is 0.0228. The number of ether oxygens (including phenoxy) is 5. The van der Waals surface area contributed by atoms with Gasteiger partial charge in [0, 0.05) is 19.3 Å². The van der Waals surface area contributed by atoms with Gasteiger partial charge in [0.15, 0.2) is 24.6 Å². The van der Waals surface area contributed by atoms with Crippen LogP contribution in [0.4, 0.5) is 0 Å². The van der Waals surface area contributed by atoms with Crippen molar-refractivity contribution in [1.82, 2.24) is 0 Å². The number of carboxylic acids is 1. The van der Waals surface area contributed by atoms with Crippen molar-refractivity contribution in [2.75, 3.05) is 13.2 Å². The van der Waals surface area contributed by atoms with E-state index in [0.717, 1.165) is 83.5 Å². The van der Waals surface area contributed by atoms with Gasteiger partial charge < -0.3 is 39.0 Å². The van der Waals surface area contributed by atoms with Gasteiger partial charge in [-0.3, -0.25) is 14.4 Å². The minimum Gasteiger partial charge on any atom is -0.479 e. The van der Waals surface area contributed by atoms with Gasteiger partial charge in [-0.05, 0) is 77.0 Å². The van der Waals surface area contributed by atoms with Gasteiger partial charge in [-0.2, -0.15) is 0 Å². The fourth-order valence-corrected chi connectivity index (χ4v) is 8.14. The summed E-state index contributed by atoms with van der Waals surface area (Å²) in [5.74, 6) is -3.16. The first kappa shape index (κ1) is 63.7. The van der Waals surface area contributed by atoms with E-state index >= 15 is 0 Å². The van der Waals surface area contributed by atoms with Gasteiger partial charge in [-0.15, -0.1) is 0 Å². The van der Waals surface area contributed by atoms with Crippen molar-refractivity contribution in [1.29, 1.82) is 0 Å². The Balaban J connectivity index is 2.68. The molecule has 0 aromatic carbocycles. The molecule has 1 saturated heterocycles. The van der Waals surface area contributed by atoms with Crippen LogP contribution in [0, 0.1) is 0 Å². The van der Waals surface area contributed by atoms with Crippen molar-refractivity contribution in [3.8, 4) is 0 Å². The standard InChI is InChI=1S/C57H98O12/c1-4-7-10-13-16-19-21-23-24-25-26-28-29-32-34-37-40-43-49(58)65-46-48(67-50(59)44-41-38-35-31-18-15-12-9-6-3)47-66-57-55(53(62)52(61)54(69-57)56(63)64)68-51(60)45-42-39-36-33-30-27-22-20-17-14-11-8-5-2/h8,11,17,20,23-24,27,30,48,52-55,57,61-62H,4-7,9-10,12-16,18-19,21-22,25-26,28-29,31-47H2,1-3H3,(H,63,64)/b11-8-,20-17-,24-23-,30-27-. The Morgan fingerprint density at radius 2 is 0.913 bits per heavy atom. The Hall–Kier alpha value is -3.32. The molecule has 1 heterocycles. The third-order valence-corrected chi connectivity index (χ3v) is 12.4. The number of esters is 3. The Bertz CT molecular complexity index is 1390. The molecular formula is C57H98O12. The number of aliphatic carboxylic acids is 1. The molecule has 12 heteroatoms. The van der Waals surface area contributed by atoms with Gasteiger partial charge in [0.1, 0.15) is 18.8 Å². The maximum atomic E-state index is 13.0. The summed E-state index contributed by atoms with van der Waals surface area (Å²) in [5, 5.41) is 31.3. The number of carbonyl (C=O) groups is 4. The molecule has 69 heavy (non-hydrogen) atoms. The summed E-state index contributed by atoms with van der Waals surface area (Å²) in [6, 6.07) is 0. The van der Waals surface area contributed by atoms with Gasteiger partial charge in [0.25, 0.3) is 0 Å². The van der Waals surface area contributed by atoms with Crippen molar-refractivity contribution in [2.24, 2.45) is 0 Å². The second kappa shape index (κ2) is 45.8. The van der Waals surface area contributed by atoms with E-state index in [0.29, 0.717) is 19.3 Å². The smallest absolute Gasteiger partial charge is 0.335 e. The summed E-state index contributed by atoms with van der Waals surface area (Å²) in [6.07, 6.45) is 41.1. The average molecular weight is 975 g/mol. The molecule has 398 valence electrons. The monoisotopic (exact) mass is 975 g/mol. The van der Waals surface area contributed by atoms with E-state index in [1.54, 1.807) is 0 Å². The molecule has 3 N–H and O–H groups in total. The van der Waals surface area contributed by atoms with Crippen LogP contribution in [0.2, 0.25) is 0 Å². The number of allylic oxidation sites excluding steroid dienone is 8. The maximum absolute atomic E-state index is 13.0. The van der Waals surface area contributed by atoms with Crippen LogP contribution < -0.4 is 0 Å². The molecule has 12 nitrogen and oxygen atoms in total. The number of hydrogen-bond donors (Lipinski definition) is 3. The summed E-state index contributed by atoms with van der Waals surface area (Å²) in [5.41, 5.74) is 0. The molecular weight excluding hydrogens is 877 g/mol. The minimum absolute atomic E-state index is 0.0262. The zero-order valence-electron chi connectivity index (χ0n) is 43.6. The summed E-state index contributed by atoms with van der Waals surface area (Å²) in [6.45, 7) is 5.82. The van der Waals surface area contributed by atoms with Crippen LogP contribution >= 0.6 is 0 Å². The number of unbranched alkanes of at least 4 members (excludes halogenated alkanes) is 24. The zero-order chi connectivity index (χ0) is 50.4. The predicted molar refractivity (Wildman–Crippen MR) is 276 cm³/mol. The predicted octanol–water partition coefficient (Wildman–Crippen LogP) is 13.4. The van der Waals surface area contributed by atoms with Crippen molar-refractivity contribution in [3.63, 3.8) is 0 Å². The summed E-state index contributed by atoms with van der Waals surface area (Å²) < 4.78 is 28.3. The van der Waals surface area contributed by atoms with Crippen molar-refractivity contribution < 1.29 is 58.2 Å². The third-order valence-electron chi connectivity index (χ3n) is 12.4. The van der Waals surface area contributed by atoms with E-state index < -0.39 is 67.3 Å². The number of rotatable bonds is 46. The SMILES string of the molecule is CC/C=C\C/C=C\C/C=C\CCCCCC(=O)OC1C(OCC(COC(=O)CCCCCCCCC/C=C\CCCCCCCC)OC(=O)CCCCCCCCCCC)OC(C(=O)O)C(O)C1O. The van der Waals surface area contributed by atoms with Crippen LogP contribution in [0.3, 0.4) is 0 Å². The van der Waals surface area contributed by atoms with E-state index in [2.05, 4.69) is 69.4 Å². The van der Waals surface area contributed by atoms with Crippen LogP contribution in [0.5, 0.6) is 0 Å². The molecule has 0 aromatic heterocycles. The number of hydrogen-bond acceptors (Lipinski definition) is 11. The lowest BCUT2D eigenvalue weighted by molar-refractivity contribution is -0.301. The molecule has 1 aliphatic heterocycles. The molecule has 1 rings (SSSR count). The van der Waals surface area contributed by atoms with Gasteiger partial charge in [-0.1, -0.05) is 191 Å². The lowest BCUT2D eigenvalue weighted by Gasteiger charge is -2.40. The average Bonchev–Trinajstić information content (AvgIpc) is 3.33. The fraction of sp³-hybridized carbons (Fsp3) is 0.789. The molecule has 0 radical (unpaired) electrons. The third kappa shape index (κ3) is 36.3. The fourth-order valence-electron chi connectivity index (χ4n) is 8.14. The second-order valence-electron chi connectivity index (χ2n) is 18.8. The molecule has 1 aliphatic rings. The summed E-state index contributed by atoms with van der Waals surface area (Å²) in [4.78, 5) is 50.8. The van der Waals surface area contributed by atoms with Crippen molar-refractivity contribution in [2.45, 2.75) is 276 Å². The Kier molecular flexibility index (Phi) is 42.3. The number of aliphatic hydroxyl groups is 2. The normalized spacial score (nSPS) is 19.0. The Labute approximate surface area is 418 Å². The highest BCUT2D eigenvalue weighted by Gasteiger charge is 2.50. The highest BCUT2D eigenvalue weighted by atomic mass is 16.7. The molecule has 0 spiro atoms. The topological polar surface area (TPSA) is 175 Å². The van der Waals surface area contributed by atoms with E-state index in [1.807, 2.05) is 0 Å². The van der Waals surface area contributed by atoms with E-state index in [-0.39, 0.29) is 25.9 Å². The van der Waals surface area contributed by atoms with Crippen LogP contribution in [0.25, 0.3) is 0 Å². The molecule has 6 atom stereocenters. The Morgan fingerprint density at radius 1 is 0.493 bits per heavy atom. The minimum atomic E-state index is -1.91. The molecule has 0 saturated carbocycles. The van der Waals surface area contributed by atoms with Crippen LogP contribution in [0.15, 0.2) is 48.6 Å². The largest absolute Gasteiger partial charge is 0.479 e.